The van der Waals surface area contributed by atoms with Crippen LogP contribution < -0.4 is 0 Å². The van der Waals surface area contributed by atoms with Crippen LogP contribution >= 0.6 is 11.8 Å². The number of hydrogen-bond donors (Lipinski definition) is 0. The number of thioether (sulfide) groups is 1. The lowest BCUT2D eigenvalue weighted by atomic mass is 10.1. The third-order valence-electron chi connectivity index (χ3n) is 3.09. The molecule has 0 bridgehead atoms. The Morgan fingerprint density at radius 2 is 1.62 bits per heavy atom. The van der Waals surface area contributed by atoms with Crippen molar-refractivity contribution in [2.45, 2.75) is 64.5 Å². The fourth-order valence-electron chi connectivity index (χ4n) is 2.29. The average molecular weight is 356 g/mol. The molecular formula is C16H24N2O5S. The highest BCUT2D eigenvalue weighted by molar-refractivity contribution is 8.00. The SMILES string of the molecule is CC(C)(C)OC(=O)N1C(=O)C=C2CCS[C@@H]2N1C(=O)OC(C)(C)C. The summed E-state index contributed by atoms with van der Waals surface area (Å²) in [4.78, 5) is 37.6. The van der Waals surface area contributed by atoms with Crippen molar-refractivity contribution < 1.29 is 23.9 Å². The molecular weight excluding hydrogens is 332 g/mol. The molecule has 3 amide bonds. The van der Waals surface area contributed by atoms with Crippen LogP contribution in [0.15, 0.2) is 11.6 Å². The largest absolute Gasteiger partial charge is 0.442 e. The number of hydrazine groups is 1. The molecule has 8 heteroatoms. The maximum atomic E-state index is 12.6. The zero-order valence-corrected chi connectivity index (χ0v) is 15.7. The van der Waals surface area contributed by atoms with Crippen LogP contribution in [0.4, 0.5) is 9.59 Å². The lowest BCUT2D eigenvalue weighted by Gasteiger charge is -2.40. The number of carbonyl (C=O) groups is 3. The summed E-state index contributed by atoms with van der Waals surface area (Å²) in [5, 5.41) is 1.39. The Kier molecular flexibility index (Phi) is 4.90. The van der Waals surface area contributed by atoms with E-state index in [2.05, 4.69) is 0 Å². The van der Waals surface area contributed by atoms with Gasteiger partial charge in [-0.3, -0.25) is 4.79 Å². The number of nitrogens with zero attached hydrogens (tertiary/aromatic N) is 2. The zero-order chi connectivity index (χ0) is 18.3. The minimum absolute atomic E-state index is 0.426. The first-order valence-electron chi connectivity index (χ1n) is 7.80. The Labute approximate surface area is 146 Å². The van der Waals surface area contributed by atoms with Crippen molar-refractivity contribution in [3.05, 3.63) is 11.6 Å². The molecule has 7 nitrogen and oxygen atoms in total. The fraction of sp³-hybridized carbons (Fsp3) is 0.688. The maximum Gasteiger partial charge on any atom is 0.437 e. The van der Waals surface area contributed by atoms with Gasteiger partial charge in [0, 0.05) is 6.08 Å². The van der Waals surface area contributed by atoms with E-state index in [1.807, 2.05) is 0 Å². The number of fused-ring (bicyclic) bond motifs is 1. The van der Waals surface area contributed by atoms with Crippen LogP contribution in [-0.2, 0) is 14.3 Å². The van der Waals surface area contributed by atoms with E-state index in [4.69, 9.17) is 9.47 Å². The Balaban J connectivity index is 2.35. The summed E-state index contributed by atoms with van der Waals surface area (Å²) < 4.78 is 10.7. The molecule has 1 fully saturated rings. The Hall–Kier alpha value is -1.70. The van der Waals surface area contributed by atoms with Crippen LogP contribution in [-0.4, -0.2) is 50.4 Å². The molecule has 2 aliphatic heterocycles. The molecule has 0 spiro atoms. The first-order valence-corrected chi connectivity index (χ1v) is 8.85. The van der Waals surface area contributed by atoms with Gasteiger partial charge in [0.05, 0.1) is 0 Å². The Morgan fingerprint density at radius 1 is 1.08 bits per heavy atom. The average Bonchev–Trinajstić information content (AvgIpc) is 2.79. The Morgan fingerprint density at radius 3 is 2.17 bits per heavy atom. The molecule has 2 aliphatic rings. The highest BCUT2D eigenvalue weighted by Gasteiger charge is 2.47. The van der Waals surface area contributed by atoms with E-state index in [0.717, 1.165) is 21.3 Å². The van der Waals surface area contributed by atoms with Gasteiger partial charge in [-0.15, -0.1) is 16.8 Å². The van der Waals surface area contributed by atoms with Crippen molar-refractivity contribution in [1.29, 1.82) is 0 Å². The minimum atomic E-state index is -0.888. The van der Waals surface area contributed by atoms with E-state index in [-0.39, 0.29) is 0 Å². The van der Waals surface area contributed by atoms with E-state index in [9.17, 15) is 14.4 Å². The molecule has 0 N–H and O–H groups in total. The van der Waals surface area contributed by atoms with Crippen molar-refractivity contribution in [3.8, 4) is 0 Å². The maximum absolute atomic E-state index is 12.6. The van der Waals surface area contributed by atoms with Crippen molar-refractivity contribution in [2.24, 2.45) is 0 Å². The molecule has 0 saturated carbocycles. The molecule has 134 valence electrons. The van der Waals surface area contributed by atoms with Gasteiger partial charge in [0.1, 0.15) is 16.6 Å². The summed E-state index contributed by atoms with van der Waals surface area (Å²) in [6.07, 6.45) is 0.478. The molecule has 2 rings (SSSR count). The van der Waals surface area contributed by atoms with Gasteiger partial charge in [-0.25, -0.2) is 9.59 Å². The highest BCUT2D eigenvalue weighted by Crippen LogP contribution is 2.39. The second kappa shape index (κ2) is 6.31. The van der Waals surface area contributed by atoms with Gasteiger partial charge >= 0.3 is 12.2 Å². The van der Waals surface area contributed by atoms with Crippen molar-refractivity contribution in [2.75, 3.05) is 5.75 Å². The third-order valence-corrected chi connectivity index (χ3v) is 4.34. The van der Waals surface area contributed by atoms with Crippen LogP contribution in [0.1, 0.15) is 48.0 Å². The molecule has 1 saturated heterocycles. The van der Waals surface area contributed by atoms with Gasteiger partial charge in [-0.2, -0.15) is 5.01 Å². The molecule has 0 aromatic rings. The summed E-state index contributed by atoms with van der Waals surface area (Å²) in [7, 11) is 0. The Bertz CT molecular complexity index is 588. The third kappa shape index (κ3) is 4.23. The quantitative estimate of drug-likeness (QED) is 0.663. The fourth-order valence-corrected chi connectivity index (χ4v) is 3.59. The summed E-state index contributed by atoms with van der Waals surface area (Å²) in [5.41, 5.74) is -0.718. The molecule has 2 heterocycles. The lowest BCUT2D eigenvalue weighted by Crippen LogP contribution is -2.59. The first kappa shape index (κ1) is 18.6. The van der Waals surface area contributed by atoms with E-state index in [1.165, 1.54) is 17.8 Å². The first-order chi connectivity index (χ1) is 10.9. The van der Waals surface area contributed by atoms with Crippen LogP contribution in [0.2, 0.25) is 0 Å². The molecule has 1 atom stereocenters. The van der Waals surface area contributed by atoms with Crippen LogP contribution in [0.3, 0.4) is 0 Å². The summed E-state index contributed by atoms with van der Waals surface area (Å²) in [5.74, 6) is 0.175. The zero-order valence-electron chi connectivity index (χ0n) is 14.9. The number of ether oxygens (including phenoxy) is 2. The van der Waals surface area contributed by atoms with E-state index in [0.29, 0.717) is 6.42 Å². The van der Waals surface area contributed by atoms with Gasteiger partial charge < -0.3 is 9.47 Å². The van der Waals surface area contributed by atoms with Crippen LogP contribution in [0.25, 0.3) is 0 Å². The number of carbonyl (C=O) groups excluding carboxylic acids is 3. The lowest BCUT2D eigenvalue weighted by molar-refractivity contribution is -0.142. The van der Waals surface area contributed by atoms with Gasteiger partial charge in [0.15, 0.2) is 0 Å². The van der Waals surface area contributed by atoms with Gasteiger partial charge in [-0.1, -0.05) is 0 Å². The molecule has 0 unspecified atom stereocenters. The van der Waals surface area contributed by atoms with E-state index >= 15 is 0 Å². The van der Waals surface area contributed by atoms with Gasteiger partial charge in [0.2, 0.25) is 0 Å². The van der Waals surface area contributed by atoms with Gasteiger partial charge in [0.25, 0.3) is 5.91 Å². The van der Waals surface area contributed by atoms with E-state index < -0.39 is 34.7 Å². The highest BCUT2D eigenvalue weighted by atomic mass is 32.2. The normalized spacial score (nSPS) is 21.3. The van der Waals surface area contributed by atoms with Gasteiger partial charge in [-0.05, 0) is 59.3 Å². The molecule has 0 aromatic heterocycles. The predicted octanol–water partition coefficient (Wildman–Crippen LogP) is 3.31. The monoisotopic (exact) mass is 356 g/mol. The van der Waals surface area contributed by atoms with Crippen molar-refractivity contribution in [3.63, 3.8) is 0 Å². The predicted molar refractivity (Wildman–Crippen MR) is 90.1 cm³/mol. The van der Waals surface area contributed by atoms with Crippen LogP contribution in [0.5, 0.6) is 0 Å². The number of hydrogen-bond acceptors (Lipinski definition) is 6. The summed E-state index contributed by atoms with van der Waals surface area (Å²) in [6, 6.07) is 0. The number of rotatable bonds is 0. The van der Waals surface area contributed by atoms with Crippen molar-refractivity contribution >= 4 is 29.9 Å². The molecule has 0 aromatic carbocycles. The van der Waals surface area contributed by atoms with E-state index in [1.54, 1.807) is 41.5 Å². The summed E-state index contributed by atoms with van der Waals surface area (Å²) >= 11 is 1.49. The number of amides is 3. The smallest absolute Gasteiger partial charge is 0.437 e. The summed E-state index contributed by atoms with van der Waals surface area (Å²) in [6.45, 7) is 10.3. The number of imide groups is 1. The molecule has 0 radical (unpaired) electrons. The second-order valence-corrected chi connectivity index (χ2v) is 8.84. The second-order valence-electron chi connectivity index (χ2n) is 7.65. The molecule has 24 heavy (non-hydrogen) atoms. The molecule has 0 aliphatic carbocycles. The standard InChI is InChI=1S/C16H24N2O5S/c1-15(2,3)22-13(20)17-11(19)9-10-7-8-24-12(10)18(17)14(21)23-16(4,5)6/h9,12H,7-8H2,1-6H3/t12-/m0/s1. The van der Waals surface area contributed by atoms with Crippen molar-refractivity contribution in [1.82, 2.24) is 10.0 Å². The minimum Gasteiger partial charge on any atom is -0.442 e. The van der Waals surface area contributed by atoms with Crippen LogP contribution in [0, 0.1) is 0 Å². The topological polar surface area (TPSA) is 76.2 Å².